The molecule has 3 heteroatoms. The largest absolute Gasteiger partial charge is 0.478 e. The van der Waals surface area contributed by atoms with E-state index < -0.39 is 5.97 Å². The normalized spacial score (nSPS) is 20.8. The number of hydrogen-bond acceptors (Lipinski definition) is 2. The van der Waals surface area contributed by atoms with Gasteiger partial charge in [0.25, 0.3) is 0 Å². The minimum atomic E-state index is -0.916. The number of aliphatic hydroxyl groups excluding tert-OH is 1. The molecule has 0 bridgehead atoms. The quantitative estimate of drug-likeness (QED) is 0.730. The van der Waals surface area contributed by atoms with Crippen molar-refractivity contribution in [1.82, 2.24) is 0 Å². The first kappa shape index (κ1) is 19.4. The maximum atomic E-state index is 11.0. The van der Waals surface area contributed by atoms with E-state index in [2.05, 4.69) is 58.9 Å². The van der Waals surface area contributed by atoms with Gasteiger partial charge < -0.3 is 10.2 Å². The summed E-state index contributed by atoms with van der Waals surface area (Å²) in [7, 11) is 0. The first-order chi connectivity index (χ1) is 12.5. The fourth-order valence-corrected chi connectivity index (χ4v) is 4.00. The molecule has 0 spiro atoms. The predicted molar refractivity (Wildman–Crippen MR) is 110 cm³/mol. The van der Waals surface area contributed by atoms with Gasteiger partial charge in [0.2, 0.25) is 0 Å². The lowest BCUT2D eigenvalue weighted by atomic mass is 9.61. The van der Waals surface area contributed by atoms with E-state index >= 15 is 0 Å². The monoisotopic (exact) mass is 364 g/mol. The van der Waals surface area contributed by atoms with Crippen molar-refractivity contribution in [1.29, 1.82) is 0 Å². The third-order valence-corrected chi connectivity index (χ3v) is 5.98. The molecule has 3 nitrogen and oxygen atoms in total. The Morgan fingerprint density at radius 1 is 1.00 bits per heavy atom. The second-order valence-electron chi connectivity index (χ2n) is 8.84. The summed E-state index contributed by atoms with van der Waals surface area (Å²) < 4.78 is 0. The molecule has 0 fully saturated rings. The minimum Gasteiger partial charge on any atom is -0.478 e. The van der Waals surface area contributed by atoms with Gasteiger partial charge in [0.15, 0.2) is 0 Å². The van der Waals surface area contributed by atoms with Crippen LogP contribution in [-0.2, 0) is 10.8 Å². The van der Waals surface area contributed by atoms with E-state index in [0.717, 1.165) is 23.1 Å². The number of allylic oxidation sites excluding steroid dienone is 1. The van der Waals surface area contributed by atoms with Gasteiger partial charge in [0, 0.05) is 5.41 Å². The number of aliphatic hydroxyl groups is 1. The lowest BCUT2D eigenvalue weighted by Gasteiger charge is -2.45. The Hall–Kier alpha value is -2.39. The Kier molecular flexibility index (Phi) is 4.77. The van der Waals surface area contributed by atoms with Gasteiger partial charge in [-0.3, -0.25) is 0 Å². The Morgan fingerprint density at radius 2 is 1.59 bits per heavy atom. The van der Waals surface area contributed by atoms with Crippen LogP contribution >= 0.6 is 0 Å². The Labute approximate surface area is 161 Å². The van der Waals surface area contributed by atoms with E-state index in [1.54, 1.807) is 12.1 Å². The van der Waals surface area contributed by atoms with Gasteiger partial charge in [-0.15, -0.1) is 0 Å². The third-order valence-electron chi connectivity index (χ3n) is 5.98. The minimum absolute atomic E-state index is 0.0485. The molecule has 0 heterocycles. The average Bonchev–Trinajstić information content (AvgIpc) is 2.60. The Bertz CT molecular complexity index is 902. The van der Waals surface area contributed by atoms with Crippen molar-refractivity contribution in [3.05, 3.63) is 70.3 Å². The third kappa shape index (κ3) is 3.57. The van der Waals surface area contributed by atoms with E-state index in [0.29, 0.717) is 0 Å². The number of carboxylic acids is 1. The number of rotatable bonds is 3. The average molecular weight is 364 g/mol. The van der Waals surface area contributed by atoms with Gasteiger partial charge in [0.05, 0.1) is 11.7 Å². The van der Waals surface area contributed by atoms with Gasteiger partial charge in [-0.2, -0.15) is 0 Å². The molecular weight excluding hydrogens is 336 g/mol. The van der Waals surface area contributed by atoms with Crippen LogP contribution in [0.25, 0.3) is 11.6 Å². The highest BCUT2D eigenvalue weighted by molar-refractivity contribution is 5.88. The molecule has 2 aromatic carbocycles. The first-order valence-corrected chi connectivity index (χ1v) is 9.37. The lowest BCUT2D eigenvalue weighted by molar-refractivity contribution is 0.0583. The Morgan fingerprint density at radius 3 is 2.19 bits per heavy atom. The number of carboxylic acid groups (broad SMARTS) is 1. The SMILES string of the molecule is C/C(=C\c1ccc(C(=O)O)cc1)c1ccc2c(c1)C(C)(C)C(O)CC2(C)C. The number of carbonyl (C=O) groups is 1. The highest BCUT2D eigenvalue weighted by Gasteiger charge is 2.43. The van der Waals surface area contributed by atoms with Crippen molar-refractivity contribution in [2.45, 2.75) is 58.0 Å². The maximum Gasteiger partial charge on any atom is 0.335 e. The van der Waals surface area contributed by atoms with Crippen LogP contribution in [0, 0.1) is 0 Å². The van der Waals surface area contributed by atoms with E-state index in [1.807, 2.05) is 12.1 Å². The Balaban J connectivity index is 2.01. The zero-order valence-electron chi connectivity index (χ0n) is 16.7. The van der Waals surface area contributed by atoms with Crippen LogP contribution in [0.1, 0.15) is 73.7 Å². The van der Waals surface area contributed by atoms with Crippen LogP contribution in [0.15, 0.2) is 42.5 Å². The summed E-state index contributed by atoms with van der Waals surface area (Å²) in [6, 6.07) is 13.4. The second-order valence-corrected chi connectivity index (χ2v) is 8.84. The highest BCUT2D eigenvalue weighted by Crippen LogP contribution is 2.46. The van der Waals surface area contributed by atoms with Crippen LogP contribution in [-0.4, -0.2) is 22.3 Å². The molecule has 2 N–H and O–H groups in total. The summed E-state index contributed by atoms with van der Waals surface area (Å²) in [5, 5.41) is 19.7. The second kappa shape index (κ2) is 6.65. The summed E-state index contributed by atoms with van der Waals surface area (Å²) in [5.41, 5.74) is 5.66. The summed E-state index contributed by atoms with van der Waals surface area (Å²) in [6.45, 7) is 10.7. The molecule has 0 aromatic heterocycles. The van der Waals surface area contributed by atoms with Gasteiger partial charge in [-0.1, -0.05) is 64.1 Å². The van der Waals surface area contributed by atoms with E-state index in [4.69, 9.17) is 5.11 Å². The standard InChI is InChI=1S/C24H28O3/c1-15(12-16-6-8-17(9-7-16)22(26)27)18-10-11-19-20(13-18)24(4,5)21(25)14-23(19,2)3/h6-13,21,25H,14H2,1-5H3,(H,26,27)/b15-12+. The zero-order chi connectivity index (χ0) is 20.0. The molecule has 3 rings (SSSR count). The molecule has 1 aliphatic rings. The number of fused-ring (bicyclic) bond motifs is 1. The van der Waals surface area contributed by atoms with Crippen molar-refractivity contribution in [3.8, 4) is 0 Å². The molecule has 0 radical (unpaired) electrons. The summed E-state index contributed by atoms with van der Waals surface area (Å²) in [4.78, 5) is 11.0. The van der Waals surface area contributed by atoms with Crippen LogP contribution < -0.4 is 0 Å². The lowest BCUT2D eigenvalue weighted by Crippen LogP contribution is -2.45. The fourth-order valence-electron chi connectivity index (χ4n) is 4.00. The summed E-state index contributed by atoms with van der Waals surface area (Å²) in [6.07, 6.45) is 2.45. The van der Waals surface area contributed by atoms with Crippen LogP contribution in [0.3, 0.4) is 0 Å². The van der Waals surface area contributed by atoms with Crippen LogP contribution in [0.4, 0.5) is 0 Å². The molecule has 2 aromatic rings. The molecule has 0 saturated heterocycles. The molecule has 0 aliphatic heterocycles. The number of benzene rings is 2. The van der Waals surface area contributed by atoms with Crippen molar-refractivity contribution >= 4 is 17.6 Å². The smallest absolute Gasteiger partial charge is 0.335 e. The van der Waals surface area contributed by atoms with Crippen LogP contribution in [0.5, 0.6) is 0 Å². The molecule has 142 valence electrons. The van der Waals surface area contributed by atoms with Gasteiger partial charge in [-0.05, 0) is 58.7 Å². The van der Waals surface area contributed by atoms with Crippen molar-refractivity contribution in [2.24, 2.45) is 0 Å². The molecular formula is C24H28O3. The number of aromatic carboxylic acids is 1. The molecule has 27 heavy (non-hydrogen) atoms. The van der Waals surface area contributed by atoms with E-state index in [1.165, 1.54) is 11.1 Å². The summed E-state index contributed by atoms with van der Waals surface area (Å²) in [5.74, 6) is -0.916. The van der Waals surface area contributed by atoms with Crippen molar-refractivity contribution in [2.75, 3.05) is 0 Å². The topological polar surface area (TPSA) is 57.5 Å². The van der Waals surface area contributed by atoms with E-state index in [-0.39, 0.29) is 22.5 Å². The predicted octanol–water partition coefficient (Wildman–Crippen LogP) is 5.27. The molecule has 1 aliphatic carbocycles. The zero-order valence-corrected chi connectivity index (χ0v) is 16.7. The van der Waals surface area contributed by atoms with Crippen molar-refractivity contribution < 1.29 is 15.0 Å². The van der Waals surface area contributed by atoms with Gasteiger partial charge >= 0.3 is 5.97 Å². The maximum absolute atomic E-state index is 11.0. The molecule has 0 amide bonds. The summed E-state index contributed by atoms with van der Waals surface area (Å²) >= 11 is 0. The molecule has 1 unspecified atom stereocenters. The van der Waals surface area contributed by atoms with Crippen molar-refractivity contribution in [3.63, 3.8) is 0 Å². The number of hydrogen-bond donors (Lipinski definition) is 2. The fraction of sp³-hybridized carbons (Fsp3) is 0.375. The highest BCUT2D eigenvalue weighted by atomic mass is 16.4. The van der Waals surface area contributed by atoms with Gasteiger partial charge in [0.1, 0.15) is 0 Å². The first-order valence-electron chi connectivity index (χ1n) is 9.37. The van der Waals surface area contributed by atoms with Crippen LogP contribution in [0.2, 0.25) is 0 Å². The molecule has 0 saturated carbocycles. The molecule has 1 atom stereocenters. The van der Waals surface area contributed by atoms with E-state index in [9.17, 15) is 9.90 Å². The van der Waals surface area contributed by atoms with Gasteiger partial charge in [-0.25, -0.2) is 4.79 Å².